The molecule has 0 bridgehead atoms. The molecule has 3 aromatic rings. The molecule has 0 saturated heterocycles. The third kappa shape index (κ3) is 6.09. The summed E-state index contributed by atoms with van der Waals surface area (Å²) in [5, 5.41) is 2.85. The van der Waals surface area contributed by atoms with Crippen molar-refractivity contribution in [3.05, 3.63) is 83.3 Å². The molecule has 170 valence electrons. The number of nitrogens with one attached hydrogen (secondary N) is 1. The maximum absolute atomic E-state index is 13.2. The van der Waals surface area contributed by atoms with Gasteiger partial charge in [0.1, 0.15) is 11.6 Å². The lowest BCUT2D eigenvalue weighted by molar-refractivity contribution is 0.0739. The molecule has 0 aliphatic carbocycles. The molecule has 1 N–H and O–H groups in total. The lowest BCUT2D eigenvalue weighted by atomic mass is 10.2. The molecule has 1 aromatic carbocycles. The summed E-state index contributed by atoms with van der Waals surface area (Å²) in [6, 6.07) is 13.0. The Morgan fingerprint density at radius 2 is 1.88 bits per heavy atom. The Kier molecular flexibility index (Phi) is 7.87. The van der Waals surface area contributed by atoms with Crippen molar-refractivity contribution in [2.24, 2.45) is 5.92 Å². The second-order valence-corrected chi connectivity index (χ2v) is 8.23. The number of halogens is 1. The molecular formula is C25H30FN3O3. The third-order valence-corrected chi connectivity index (χ3v) is 5.03. The van der Waals surface area contributed by atoms with E-state index in [9.17, 15) is 14.0 Å². The Hall–Kier alpha value is -3.35. The molecule has 0 fully saturated rings. The molecule has 2 amide bonds. The van der Waals surface area contributed by atoms with E-state index in [1.807, 2.05) is 43.7 Å². The maximum Gasteiger partial charge on any atom is 0.287 e. The minimum atomic E-state index is -0.367. The summed E-state index contributed by atoms with van der Waals surface area (Å²) in [6.07, 6.45) is 2.73. The molecule has 0 aliphatic heterocycles. The SMILES string of the molecule is CCCN(Cc1cccn1Cc1ccc(C(=O)NCC(C)C)o1)C(=O)c1ccc(F)cc1. The van der Waals surface area contributed by atoms with Crippen molar-refractivity contribution in [1.82, 2.24) is 14.8 Å². The van der Waals surface area contributed by atoms with E-state index in [1.54, 1.807) is 17.0 Å². The number of hydrogen-bond acceptors (Lipinski definition) is 3. The molecule has 0 saturated carbocycles. The largest absolute Gasteiger partial charge is 0.454 e. The summed E-state index contributed by atoms with van der Waals surface area (Å²) in [5.74, 6) is 0.573. The number of furan rings is 1. The fourth-order valence-electron chi connectivity index (χ4n) is 3.38. The highest BCUT2D eigenvalue weighted by Gasteiger charge is 2.18. The van der Waals surface area contributed by atoms with Gasteiger partial charge in [0.15, 0.2) is 5.76 Å². The van der Waals surface area contributed by atoms with Crippen LogP contribution in [0.15, 0.2) is 59.1 Å². The van der Waals surface area contributed by atoms with Crippen LogP contribution in [0.4, 0.5) is 4.39 Å². The van der Waals surface area contributed by atoms with E-state index in [4.69, 9.17) is 4.42 Å². The molecule has 32 heavy (non-hydrogen) atoms. The van der Waals surface area contributed by atoms with Gasteiger partial charge in [-0.25, -0.2) is 4.39 Å². The monoisotopic (exact) mass is 439 g/mol. The number of nitrogens with zero attached hydrogens (tertiary/aromatic N) is 2. The van der Waals surface area contributed by atoms with Crippen molar-refractivity contribution in [3.63, 3.8) is 0 Å². The molecule has 2 heterocycles. The summed E-state index contributed by atoms with van der Waals surface area (Å²) in [6.45, 7) is 8.12. The number of carbonyl (C=O) groups is 2. The molecule has 0 atom stereocenters. The first-order chi connectivity index (χ1) is 15.4. The van der Waals surface area contributed by atoms with Crippen molar-refractivity contribution in [3.8, 4) is 0 Å². The Balaban J connectivity index is 1.69. The van der Waals surface area contributed by atoms with Gasteiger partial charge in [-0.1, -0.05) is 20.8 Å². The zero-order valence-corrected chi connectivity index (χ0v) is 18.8. The molecule has 7 heteroatoms. The second kappa shape index (κ2) is 10.8. The molecule has 0 spiro atoms. The smallest absolute Gasteiger partial charge is 0.287 e. The summed E-state index contributed by atoms with van der Waals surface area (Å²) < 4.78 is 21.0. The van der Waals surface area contributed by atoms with Crippen molar-refractivity contribution in [2.45, 2.75) is 40.3 Å². The average molecular weight is 440 g/mol. The molecule has 2 aromatic heterocycles. The Morgan fingerprint density at radius 1 is 1.12 bits per heavy atom. The van der Waals surface area contributed by atoms with Crippen LogP contribution in [0.1, 0.15) is 59.6 Å². The zero-order valence-electron chi connectivity index (χ0n) is 18.8. The first-order valence-corrected chi connectivity index (χ1v) is 10.9. The van der Waals surface area contributed by atoms with Crippen LogP contribution in [0.2, 0.25) is 0 Å². The van der Waals surface area contributed by atoms with E-state index in [-0.39, 0.29) is 23.4 Å². The first kappa shape index (κ1) is 23.3. The quantitative estimate of drug-likeness (QED) is 0.498. The van der Waals surface area contributed by atoms with Crippen molar-refractivity contribution < 1.29 is 18.4 Å². The van der Waals surface area contributed by atoms with Gasteiger partial charge in [-0.2, -0.15) is 0 Å². The topological polar surface area (TPSA) is 67.5 Å². The van der Waals surface area contributed by atoms with Crippen molar-refractivity contribution >= 4 is 11.8 Å². The molecule has 6 nitrogen and oxygen atoms in total. The van der Waals surface area contributed by atoms with Crippen LogP contribution < -0.4 is 5.32 Å². The summed E-state index contributed by atoms with van der Waals surface area (Å²) in [4.78, 5) is 26.9. The number of benzene rings is 1. The third-order valence-electron chi connectivity index (χ3n) is 5.03. The highest BCUT2D eigenvalue weighted by molar-refractivity contribution is 5.94. The number of aromatic nitrogens is 1. The second-order valence-electron chi connectivity index (χ2n) is 8.23. The molecule has 3 rings (SSSR count). The van der Waals surface area contributed by atoms with Gasteiger partial charge >= 0.3 is 0 Å². The lowest BCUT2D eigenvalue weighted by Crippen LogP contribution is -2.32. The van der Waals surface area contributed by atoms with E-state index >= 15 is 0 Å². The normalized spacial score (nSPS) is 11.0. The fraction of sp³-hybridized carbons (Fsp3) is 0.360. The van der Waals surface area contributed by atoms with Crippen LogP contribution in [-0.4, -0.2) is 34.4 Å². The van der Waals surface area contributed by atoms with Gasteiger partial charge in [0.25, 0.3) is 11.8 Å². The Bertz CT molecular complexity index is 1040. The minimum Gasteiger partial charge on any atom is -0.454 e. The summed E-state index contributed by atoms with van der Waals surface area (Å²) in [7, 11) is 0. The van der Waals surface area contributed by atoms with Gasteiger partial charge in [0, 0.05) is 30.5 Å². The summed E-state index contributed by atoms with van der Waals surface area (Å²) in [5.41, 5.74) is 1.40. The molecule has 0 radical (unpaired) electrons. The van der Waals surface area contributed by atoms with E-state index in [2.05, 4.69) is 5.32 Å². The van der Waals surface area contributed by atoms with Gasteiger partial charge < -0.3 is 19.2 Å². The Morgan fingerprint density at radius 3 is 2.56 bits per heavy atom. The number of carbonyl (C=O) groups excluding carboxylic acids is 2. The predicted molar refractivity (Wildman–Crippen MR) is 121 cm³/mol. The molecule has 0 unspecified atom stereocenters. The van der Waals surface area contributed by atoms with E-state index in [0.717, 1.165) is 12.1 Å². The van der Waals surface area contributed by atoms with E-state index in [0.29, 0.717) is 43.4 Å². The van der Waals surface area contributed by atoms with Crippen LogP contribution in [0, 0.1) is 11.7 Å². The van der Waals surface area contributed by atoms with Crippen LogP contribution in [0.25, 0.3) is 0 Å². The van der Waals surface area contributed by atoms with Gasteiger partial charge in [-0.3, -0.25) is 9.59 Å². The van der Waals surface area contributed by atoms with Crippen LogP contribution in [0.3, 0.4) is 0 Å². The van der Waals surface area contributed by atoms with Crippen LogP contribution >= 0.6 is 0 Å². The minimum absolute atomic E-state index is 0.137. The summed E-state index contributed by atoms with van der Waals surface area (Å²) >= 11 is 0. The van der Waals surface area contributed by atoms with E-state index in [1.165, 1.54) is 24.3 Å². The van der Waals surface area contributed by atoms with Crippen LogP contribution in [-0.2, 0) is 13.1 Å². The van der Waals surface area contributed by atoms with E-state index < -0.39 is 0 Å². The van der Waals surface area contributed by atoms with Crippen molar-refractivity contribution in [2.75, 3.05) is 13.1 Å². The lowest BCUT2D eigenvalue weighted by Gasteiger charge is -2.23. The number of amides is 2. The first-order valence-electron chi connectivity index (χ1n) is 10.9. The standard InChI is InChI=1S/C25H30FN3O3/c1-4-13-29(25(31)19-7-9-20(26)10-8-19)16-21-6-5-14-28(21)17-22-11-12-23(32-22)24(30)27-15-18(2)3/h5-12,14,18H,4,13,15-17H2,1-3H3,(H,27,30). The highest BCUT2D eigenvalue weighted by Crippen LogP contribution is 2.16. The zero-order chi connectivity index (χ0) is 23.1. The van der Waals surface area contributed by atoms with Crippen LogP contribution in [0.5, 0.6) is 0 Å². The molecule has 0 aliphatic rings. The highest BCUT2D eigenvalue weighted by atomic mass is 19.1. The predicted octanol–water partition coefficient (Wildman–Crippen LogP) is 4.71. The molecular weight excluding hydrogens is 409 g/mol. The van der Waals surface area contributed by atoms with Gasteiger partial charge in [-0.05, 0) is 60.9 Å². The number of rotatable bonds is 10. The van der Waals surface area contributed by atoms with Gasteiger partial charge in [0.05, 0.1) is 13.1 Å². The van der Waals surface area contributed by atoms with Gasteiger partial charge in [0.2, 0.25) is 0 Å². The Labute approximate surface area is 188 Å². The van der Waals surface area contributed by atoms with Gasteiger partial charge in [-0.15, -0.1) is 0 Å². The number of hydrogen-bond donors (Lipinski definition) is 1. The fourth-order valence-corrected chi connectivity index (χ4v) is 3.38. The average Bonchev–Trinajstić information content (AvgIpc) is 3.42. The van der Waals surface area contributed by atoms with Crippen molar-refractivity contribution in [1.29, 1.82) is 0 Å². The maximum atomic E-state index is 13.2.